The maximum atomic E-state index is 12.5. The second-order valence-corrected chi connectivity index (χ2v) is 5.96. The van der Waals surface area contributed by atoms with Crippen LogP contribution in [0.1, 0.15) is 58.8 Å². The SMILES string of the molecule is CCc1[nH]c(C(=O)NCC2CCCN2CC)c(C)c1C(=O)OC. The fourth-order valence-corrected chi connectivity index (χ4v) is 3.37. The number of likely N-dealkylation sites (N-methyl/N-ethyl adjacent to an activating group) is 1. The van der Waals surface area contributed by atoms with Crippen molar-refractivity contribution in [3.05, 3.63) is 22.5 Å². The highest BCUT2D eigenvalue weighted by Crippen LogP contribution is 2.21. The first-order valence-electron chi connectivity index (χ1n) is 8.35. The van der Waals surface area contributed by atoms with E-state index in [9.17, 15) is 9.59 Å². The van der Waals surface area contributed by atoms with Gasteiger partial charge < -0.3 is 15.0 Å². The van der Waals surface area contributed by atoms with Crippen molar-refractivity contribution < 1.29 is 14.3 Å². The minimum Gasteiger partial charge on any atom is -0.465 e. The first kappa shape index (κ1) is 17.5. The van der Waals surface area contributed by atoms with E-state index in [1.54, 1.807) is 6.92 Å². The number of aryl methyl sites for hydroxylation is 1. The molecule has 0 aromatic carbocycles. The monoisotopic (exact) mass is 321 g/mol. The van der Waals surface area contributed by atoms with Crippen molar-refractivity contribution in [2.24, 2.45) is 0 Å². The number of rotatable bonds is 6. The Hall–Kier alpha value is -1.82. The second kappa shape index (κ2) is 7.64. The van der Waals surface area contributed by atoms with Crippen molar-refractivity contribution in [1.29, 1.82) is 0 Å². The molecule has 6 heteroatoms. The van der Waals surface area contributed by atoms with Gasteiger partial charge in [-0.15, -0.1) is 0 Å². The van der Waals surface area contributed by atoms with E-state index in [0.717, 1.165) is 25.2 Å². The minimum atomic E-state index is -0.400. The Morgan fingerprint density at radius 2 is 2.13 bits per heavy atom. The molecular formula is C17H27N3O3. The molecule has 1 aromatic rings. The van der Waals surface area contributed by atoms with Gasteiger partial charge >= 0.3 is 5.97 Å². The van der Waals surface area contributed by atoms with Crippen LogP contribution in [0.5, 0.6) is 0 Å². The first-order valence-corrected chi connectivity index (χ1v) is 8.35. The Kier molecular flexibility index (Phi) is 5.82. The van der Waals surface area contributed by atoms with Crippen LogP contribution in [0.25, 0.3) is 0 Å². The van der Waals surface area contributed by atoms with Gasteiger partial charge in [0.15, 0.2) is 0 Å². The van der Waals surface area contributed by atoms with E-state index in [1.165, 1.54) is 13.5 Å². The molecule has 1 unspecified atom stereocenters. The van der Waals surface area contributed by atoms with Gasteiger partial charge in [-0.3, -0.25) is 9.69 Å². The van der Waals surface area contributed by atoms with Crippen molar-refractivity contribution in [2.75, 3.05) is 26.7 Å². The third kappa shape index (κ3) is 3.58. The summed E-state index contributed by atoms with van der Waals surface area (Å²) in [4.78, 5) is 29.9. The predicted molar refractivity (Wildman–Crippen MR) is 88.8 cm³/mol. The smallest absolute Gasteiger partial charge is 0.339 e. The molecule has 1 saturated heterocycles. The summed E-state index contributed by atoms with van der Waals surface area (Å²) in [7, 11) is 1.35. The van der Waals surface area contributed by atoms with Crippen molar-refractivity contribution in [3.63, 3.8) is 0 Å². The quantitative estimate of drug-likeness (QED) is 0.785. The lowest BCUT2D eigenvalue weighted by molar-refractivity contribution is 0.0599. The zero-order valence-electron chi connectivity index (χ0n) is 14.5. The Bertz CT molecular complexity index is 580. The molecule has 1 fully saturated rings. The van der Waals surface area contributed by atoms with E-state index in [1.807, 2.05) is 6.92 Å². The van der Waals surface area contributed by atoms with Crippen molar-refractivity contribution in [3.8, 4) is 0 Å². The van der Waals surface area contributed by atoms with Crippen LogP contribution in [0.15, 0.2) is 0 Å². The summed E-state index contributed by atoms with van der Waals surface area (Å²) in [5.74, 6) is -0.557. The Balaban J connectivity index is 2.10. The average Bonchev–Trinajstić information content (AvgIpc) is 3.15. The number of carbonyl (C=O) groups is 2. The number of nitrogens with zero attached hydrogens (tertiary/aromatic N) is 1. The third-order valence-electron chi connectivity index (χ3n) is 4.70. The van der Waals surface area contributed by atoms with Crippen molar-refractivity contribution in [2.45, 2.75) is 46.1 Å². The third-order valence-corrected chi connectivity index (χ3v) is 4.70. The van der Waals surface area contributed by atoms with Crippen LogP contribution in [0.2, 0.25) is 0 Å². The molecule has 1 atom stereocenters. The molecule has 6 nitrogen and oxygen atoms in total. The van der Waals surface area contributed by atoms with E-state index < -0.39 is 5.97 Å². The van der Waals surface area contributed by atoms with Gasteiger partial charge in [-0.25, -0.2) is 4.79 Å². The van der Waals surface area contributed by atoms with Gasteiger partial charge in [-0.2, -0.15) is 0 Å². The number of amides is 1. The van der Waals surface area contributed by atoms with Crippen molar-refractivity contribution >= 4 is 11.9 Å². The second-order valence-electron chi connectivity index (χ2n) is 5.96. The highest BCUT2D eigenvalue weighted by molar-refractivity contribution is 6.00. The van der Waals surface area contributed by atoms with Crippen LogP contribution >= 0.6 is 0 Å². The number of hydrogen-bond donors (Lipinski definition) is 2. The standard InChI is InChI=1S/C17H27N3O3/c1-5-13-14(17(22)23-4)11(3)15(19-13)16(21)18-10-12-8-7-9-20(12)6-2/h12,19H,5-10H2,1-4H3,(H,18,21). The van der Waals surface area contributed by atoms with Crippen molar-refractivity contribution in [1.82, 2.24) is 15.2 Å². The zero-order chi connectivity index (χ0) is 17.0. The lowest BCUT2D eigenvalue weighted by Crippen LogP contribution is -2.40. The number of hydrogen-bond acceptors (Lipinski definition) is 4. The molecule has 1 amide bonds. The molecular weight excluding hydrogens is 294 g/mol. The van der Waals surface area contributed by atoms with E-state index in [2.05, 4.69) is 22.1 Å². The summed E-state index contributed by atoms with van der Waals surface area (Å²) in [6, 6.07) is 0.407. The highest BCUT2D eigenvalue weighted by atomic mass is 16.5. The molecule has 23 heavy (non-hydrogen) atoms. The first-order chi connectivity index (χ1) is 11.0. The number of carbonyl (C=O) groups excluding carboxylic acids is 2. The topological polar surface area (TPSA) is 74.4 Å². The van der Waals surface area contributed by atoms with Crippen LogP contribution in [-0.4, -0.2) is 54.5 Å². The molecule has 2 rings (SSSR count). The number of likely N-dealkylation sites (tertiary alicyclic amines) is 1. The minimum absolute atomic E-state index is 0.157. The number of aromatic amines is 1. The van der Waals surface area contributed by atoms with E-state index in [0.29, 0.717) is 35.8 Å². The van der Waals surface area contributed by atoms with Gasteiger partial charge in [0, 0.05) is 18.3 Å². The number of nitrogens with one attached hydrogen (secondary N) is 2. The van der Waals surface area contributed by atoms with Gasteiger partial charge in [0.2, 0.25) is 0 Å². The van der Waals surface area contributed by atoms with Gasteiger partial charge in [0.1, 0.15) is 5.69 Å². The number of methoxy groups -OCH3 is 1. The van der Waals surface area contributed by atoms with Crippen LogP contribution in [0, 0.1) is 6.92 Å². The van der Waals surface area contributed by atoms with Gasteiger partial charge in [-0.05, 0) is 44.8 Å². The summed E-state index contributed by atoms with van der Waals surface area (Å²) in [6.45, 7) is 8.62. The summed E-state index contributed by atoms with van der Waals surface area (Å²) >= 11 is 0. The maximum Gasteiger partial charge on any atom is 0.339 e. The molecule has 0 radical (unpaired) electrons. The largest absolute Gasteiger partial charge is 0.465 e. The normalized spacial score (nSPS) is 18.2. The fraction of sp³-hybridized carbons (Fsp3) is 0.647. The lowest BCUT2D eigenvalue weighted by atomic mass is 10.1. The fourth-order valence-electron chi connectivity index (χ4n) is 3.37. The summed E-state index contributed by atoms with van der Waals surface area (Å²) in [5.41, 5.74) is 2.35. The van der Waals surface area contributed by atoms with E-state index in [4.69, 9.17) is 4.74 Å². The maximum absolute atomic E-state index is 12.5. The average molecular weight is 321 g/mol. The predicted octanol–water partition coefficient (Wildman–Crippen LogP) is 1.89. The van der Waals surface area contributed by atoms with Gasteiger partial charge in [-0.1, -0.05) is 13.8 Å². The van der Waals surface area contributed by atoms with Crippen LogP contribution < -0.4 is 5.32 Å². The van der Waals surface area contributed by atoms with Gasteiger partial charge in [0.05, 0.1) is 12.7 Å². The lowest BCUT2D eigenvalue weighted by Gasteiger charge is -2.22. The molecule has 128 valence electrons. The molecule has 2 heterocycles. The molecule has 1 aliphatic heterocycles. The van der Waals surface area contributed by atoms with Crippen LogP contribution in [-0.2, 0) is 11.2 Å². The van der Waals surface area contributed by atoms with Crippen LogP contribution in [0.3, 0.4) is 0 Å². The van der Waals surface area contributed by atoms with E-state index >= 15 is 0 Å². The molecule has 0 aliphatic carbocycles. The molecule has 0 saturated carbocycles. The molecule has 1 aromatic heterocycles. The Morgan fingerprint density at radius 1 is 1.39 bits per heavy atom. The molecule has 1 aliphatic rings. The Labute approximate surface area is 137 Å². The highest BCUT2D eigenvalue weighted by Gasteiger charge is 2.26. The summed E-state index contributed by atoms with van der Waals surface area (Å²) in [6.07, 6.45) is 2.94. The molecule has 0 bridgehead atoms. The number of aromatic nitrogens is 1. The zero-order valence-corrected chi connectivity index (χ0v) is 14.5. The Morgan fingerprint density at radius 3 is 2.74 bits per heavy atom. The van der Waals surface area contributed by atoms with Gasteiger partial charge in [0.25, 0.3) is 5.91 Å². The number of H-pyrrole nitrogens is 1. The molecule has 0 spiro atoms. The van der Waals surface area contributed by atoms with E-state index in [-0.39, 0.29) is 5.91 Å². The number of ether oxygens (including phenoxy) is 1. The van der Waals surface area contributed by atoms with Crippen LogP contribution in [0.4, 0.5) is 0 Å². The summed E-state index contributed by atoms with van der Waals surface area (Å²) < 4.78 is 4.83. The molecule has 2 N–H and O–H groups in total. The summed E-state index contributed by atoms with van der Waals surface area (Å²) in [5, 5.41) is 3.00. The number of esters is 1.